The number of aromatic hydroxyl groups is 1. The van der Waals surface area contributed by atoms with Gasteiger partial charge in [0.25, 0.3) is 0 Å². The average Bonchev–Trinajstić information content (AvgIpc) is 2.49. The van der Waals surface area contributed by atoms with Crippen molar-refractivity contribution in [3.8, 4) is 5.75 Å². The molecule has 0 amide bonds. The summed E-state index contributed by atoms with van der Waals surface area (Å²) >= 11 is 0. The van der Waals surface area contributed by atoms with E-state index in [1.54, 1.807) is 6.07 Å². The summed E-state index contributed by atoms with van der Waals surface area (Å²) in [5, 5.41) is 18.3. The van der Waals surface area contributed by atoms with Crippen LogP contribution in [0.15, 0.2) is 12.1 Å². The maximum Gasteiger partial charge on any atom is 0.121 e. The van der Waals surface area contributed by atoms with Gasteiger partial charge in [0.05, 0.1) is 6.61 Å². The summed E-state index contributed by atoms with van der Waals surface area (Å²) in [6.07, 6.45) is 3.32. The molecule has 2 N–H and O–H groups in total. The lowest BCUT2D eigenvalue weighted by atomic mass is 10.1. The minimum absolute atomic E-state index is 0.0703. The molecule has 0 aromatic heterocycles. The first-order valence-corrected chi connectivity index (χ1v) is 4.26. The van der Waals surface area contributed by atoms with Crippen LogP contribution in [0.4, 0.5) is 0 Å². The number of benzene rings is 1. The molecule has 0 saturated heterocycles. The first-order valence-electron chi connectivity index (χ1n) is 4.26. The van der Waals surface area contributed by atoms with E-state index in [2.05, 4.69) is 0 Å². The first kappa shape index (κ1) is 7.62. The van der Waals surface area contributed by atoms with Crippen LogP contribution >= 0.6 is 0 Å². The molecule has 0 aliphatic heterocycles. The van der Waals surface area contributed by atoms with Crippen molar-refractivity contribution in [2.45, 2.75) is 25.9 Å². The van der Waals surface area contributed by atoms with Gasteiger partial charge in [0.1, 0.15) is 5.75 Å². The van der Waals surface area contributed by atoms with Crippen LogP contribution in [-0.4, -0.2) is 10.2 Å². The first-order chi connectivity index (χ1) is 5.81. The van der Waals surface area contributed by atoms with Crippen molar-refractivity contribution < 1.29 is 10.2 Å². The van der Waals surface area contributed by atoms with Crippen LogP contribution in [0.1, 0.15) is 23.1 Å². The Labute approximate surface area is 71.5 Å². The zero-order valence-corrected chi connectivity index (χ0v) is 6.88. The number of aryl methyl sites for hydroxylation is 2. The molecular formula is C10H12O2. The maximum atomic E-state index is 9.41. The van der Waals surface area contributed by atoms with Gasteiger partial charge in [-0.05, 0) is 42.5 Å². The molecule has 2 heteroatoms. The molecule has 0 unspecified atom stereocenters. The van der Waals surface area contributed by atoms with Crippen molar-refractivity contribution >= 4 is 0 Å². The highest BCUT2D eigenvalue weighted by Gasteiger charge is 2.13. The number of hydrogen-bond acceptors (Lipinski definition) is 2. The Bertz CT molecular complexity index is 304. The molecule has 0 fully saturated rings. The fourth-order valence-electron chi connectivity index (χ4n) is 1.79. The number of rotatable bonds is 1. The topological polar surface area (TPSA) is 40.5 Å². The number of phenols is 1. The second-order valence-electron chi connectivity index (χ2n) is 3.26. The summed E-state index contributed by atoms with van der Waals surface area (Å²) in [6, 6.07) is 3.70. The summed E-state index contributed by atoms with van der Waals surface area (Å²) < 4.78 is 0. The van der Waals surface area contributed by atoms with E-state index in [0.717, 1.165) is 12.8 Å². The normalized spacial score (nSPS) is 14.8. The predicted octanol–water partition coefficient (Wildman–Crippen LogP) is 1.37. The van der Waals surface area contributed by atoms with E-state index in [0.29, 0.717) is 5.56 Å². The van der Waals surface area contributed by atoms with Gasteiger partial charge in [-0.15, -0.1) is 0 Å². The molecule has 0 spiro atoms. The molecule has 0 bridgehead atoms. The molecule has 0 atom stereocenters. The van der Waals surface area contributed by atoms with Crippen molar-refractivity contribution in [3.05, 3.63) is 28.8 Å². The van der Waals surface area contributed by atoms with Crippen LogP contribution in [0.2, 0.25) is 0 Å². The van der Waals surface area contributed by atoms with Gasteiger partial charge in [-0.2, -0.15) is 0 Å². The smallest absolute Gasteiger partial charge is 0.121 e. The van der Waals surface area contributed by atoms with Crippen molar-refractivity contribution in [1.29, 1.82) is 0 Å². The van der Waals surface area contributed by atoms with E-state index >= 15 is 0 Å². The molecule has 1 aromatic rings. The maximum absolute atomic E-state index is 9.41. The van der Waals surface area contributed by atoms with Crippen LogP contribution in [0.3, 0.4) is 0 Å². The van der Waals surface area contributed by atoms with Gasteiger partial charge in [-0.3, -0.25) is 0 Å². The average molecular weight is 164 g/mol. The molecule has 1 aromatic carbocycles. The number of hydrogen-bond donors (Lipinski definition) is 2. The molecule has 1 aliphatic rings. The summed E-state index contributed by atoms with van der Waals surface area (Å²) in [7, 11) is 0. The third kappa shape index (κ3) is 1.08. The van der Waals surface area contributed by atoms with Gasteiger partial charge in [0.15, 0.2) is 0 Å². The fourth-order valence-corrected chi connectivity index (χ4v) is 1.79. The van der Waals surface area contributed by atoms with Crippen molar-refractivity contribution in [3.63, 3.8) is 0 Å². The zero-order chi connectivity index (χ0) is 8.55. The van der Waals surface area contributed by atoms with E-state index in [9.17, 15) is 5.11 Å². The van der Waals surface area contributed by atoms with E-state index < -0.39 is 0 Å². The Hall–Kier alpha value is -1.02. The molecule has 64 valence electrons. The zero-order valence-electron chi connectivity index (χ0n) is 6.88. The van der Waals surface area contributed by atoms with Crippen molar-refractivity contribution in [2.24, 2.45) is 0 Å². The second-order valence-corrected chi connectivity index (χ2v) is 3.26. The quantitative estimate of drug-likeness (QED) is 0.658. The third-order valence-corrected chi connectivity index (χ3v) is 2.46. The minimum atomic E-state index is -0.0703. The van der Waals surface area contributed by atoms with Crippen molar-refractivity contribution in [2.75, 3.05) is 0 Å². The molecule has 2 rings (SSSR count). The van der Waals surface area contributed by atoms with Gasteiger partial charge >= 0.3 is 0 Å². The molecule has 1 aliphatic carbocycles. The van der Waals surface area contributed by atoms with Gasteiger partial charge in [0, 0.05) is 5.56 Å². The predicted molar refractivity (Wildman–Crippen MR) is 46.1 cm³/mol. The lowest BCUT2D eigenvalue weighted by Crippen LogP contribution is -1.89. The minimum Gasteiger partial charge on any atom is -0.508 e. The standard InChI is InChI=1S/C10H12O2/c11-6-9-4-7-2-1-3-8(7)5-10(9)12/h4-5,11-12H,1-3,6H2. The Kier molecular flexibility index (Phi) is 1.77. The fraction of sp³-hybridized carbons (Fsp3) is 0.400. The van der Waals surface area contributed by atoms with Gasteiger partial charge in [0.2, 0.25) is 0 Å². The SMILES string of the molecule is OCc1cc2c(cc1O)CCC2. The summed E-state index contributed by atoms with van der Waals surface area (Å²) in [4.78, 5) is 0. The van der Waals surface area contributed by atoms with Crippen molar-refractivity contribution in [1.82, 2.24) is 0 Å². The van der Waals surface area contributed by atoms with Crippen LogP contribution in [0.25, 0.3) is 0 Å². The Balaban J connectivity index is 2.49. The van der Waals surface area contributed by atoms with E-state index in [4.69, 9.17) is 5.11 Å². The lowest BCUT2D eigenvalue weighted by Gasteiger charge is -2.04. The van der Waals surface area contributed by atoms with Crippen LogP contribution in [-0.2, 0) is 19.4 Å². The molecule has 0 heterocycles. The molecule has 12 heavy (non-hydrogen) atoms. The van der Waals surface area contributed by atoms with E-state index in [1.807, 2.05) is 6.07 Å². The monoisotopic (exact) mass is 164 g/mol. The van der Waals surface area contributed by atoms with Gasteiger partial charge in [-0.25, -0.2) is 0 Å². The number of aliphatic hydroxyl groups is 1. The highest BCUT2D eigenvalue weighted by Crippen LogP contribution is 2.28. The summed E-state index contributed by atoms with van der Waals surface area (Å²) in [6.45, 7) is -0.0703. The number of aliphatic hydroxyl groups excluding tert-OH is 1. The lowest BCUT2D eigenvalue weighted by molar-refractivity contribution is 0.275. The number of fused-ring (bicyclic) bond motifs is 1. The molecule has 0 saturated carbocycles. The largest absolute Gasteiger partial charge is 0.508 e. The highest BCUT2D eigenvalue weighted by molar-refractivity contribution is 5.43. The summed E-state index contributed by atoms with van der Waals surface area (Å²) in [5.74, 6) is 0.234. The Morgan fingerprint density at radius 2 is 1.83 bits per heavy atom. The van der Waals surface area contributed by atoms with Crippen LogP contribution in [0.5, 0.6) is 5.75 Å². The van der Waals surface area contributed by atoms with E-state index in [-0.39, 0.29) is 12.4 Å². The van der Waals surface area contributed by atoms with Gasteiger partial charge in [-0.1, -0.05) is 0 Å². The molecule has 2 nitrogen and oxygen atoms in total. The van der Waals surface area contributed by atoms with Crippen LogP contribution in [0, 0.1) is 0 Å². The third-order valence-electron chi connectivity index (χ3n) is 2.46. The second kappa shape index (κ2) is 2.79. The van der Waals surface area contributed by atoms with E-state index in [1.165, 1.54) is 17.5 Å². The summed E-state index contributed by atoms with van der Waals surface area (Å²) in [5.41, 5.74) is 3.18. The van der Waals surface area contributed by atoms with Gasteiger partial charge < -0.3 is 10.2 Å². The highest BCUT2D eigenvalue weighted by atomic mass is 16.3. The van der Waals surface area contributed by atoms with Crippen LogP contribution < -0.4 is 0 Å². The Morgan fingerprint density at radius 3 is 2.50 bits per heavy atom. The molecular weight excluding hydrogens is 152 g/mol. The molecule has 0 radical (unpaired) electrons. The Morgan fingerprint density at radius 1 is 1.17 bits per heavy atom.